The van der Waals surface area contributed by atoms with E-state index in [1.54, 1.807) is 29.2 Å². The lowest BCUT2D eigenvalue weighted by Crippen LogP contribution is -2.42. The maximum Gasteiger partial charge on any atom is 0.274 e. The number of thiazole rings is 1. The first-order valence-electron chi connectivity index (χ1n) is 10.5. The fraction of sp³-hybridized carbons (Fsp3) is 0.304. The van der Waals surface area contributed by atoms with Crippen LogP contribution < -0.4 is 10.3 Å². The number of benzene rings is 2. The molecule has 1 fully saturated rings. The Bertz CT molecular complexity index is 1340. The van der Waals surface area contributed by atoms with E-state index in [0.29, 0.717) is 54.1 Å². The fourth-order valence-corrected chi connectivity index (χ4v) is 4.85. The number of ether oxygens (including phenoxy) is 1. The van der Waals surface area contributed by atoms with E-state index < -0.39 is 0 Å². The van der Waals surface area contributed by atoms with Crippen molar-refractivity contribution in [2.45, 2.75) is 31.9 Å². The Kier molecular flexibility index (Phi) is 5.57. The van der Waals surface area contributed by atoms with Gasteiger partial charge < -0.3 is 9.64 Å². The van der Waals surface area contributed by atoms with Gasteiger partial charge in [-0.3, -0.25) is 14.2 Å². The van der Waals surface area contributed by atoms with Crippen LogP contribution in [0.25, 0.3) is 21.1 Å². The van der Waals surface area contributed by atoms with E-state index in [1.807, 2.05) is 12.1 Å². The summed E-state index contributed by atoms with van der Waals surface area (Å²) in [6, 6.07) is 12.0. The molecule has 0 atom stereocenters. The second-order valence-corrected chi connectivity index (χ2v) is 8.77. The molecule has 4 aromatic rings. The van der Waals surface area contributed by atoms with Gasteiger partial charge in [0.2, 0.25) is 5.91 Å². The van der Waals surface area contributed by atoms with Crippen molar-refractivity contribution >= 4 is 38.4 Å². The molecule has 2 aromatic heterocycles. The van der Waals surface area contributed by atoms with Crippen LogP contribution >= 0.6 is 11.3 Å². The quantitative estimate of drug-likeness (QED) is 0.462. The molecule has 0 radical (unpaired) electrons. The number of carbonyl (C=O) groups excluding carboxylic acids is 1. The summed E-state index contributed by atoms with van der Waals surface area (Å²) in [5.74, 6) is -0.347. The molecule has 164 valence electrons. The number of halogens is 1. The lowest BCUT2D eigenvalue weighted by molar-refractivity contribution is -0.133. The number of rotatable bonds is 5. The van der Waals surface area contributed by atoms with Gasteiger partial charge >= 0.3 is 0 Å². The Balaban J connectivity index is 1.15. The zero-order valence-corrected chi connectivity index (χ0v) is 18.1. The van der Waals surface area contributed by atoms with E-state index in [4.69, 9.17) is 4.74 Å². The molecule has 1 aliphatic rings. The van der Waals surface area contributed by atoms with Crippen LogP contribution in [0.3, 0.4) is 0 Å². The smallest absolute Gasteiger partial charge is 0.274 e. The summed E-state index contributed by atoms with van der Waals surface area (Å²) in [6.07, 6.45) is 3.04. The SMILES string of the molecule is O=C(CCn1cnc2ccccc2c1=O)N1CCC(Oc2nc3c(F)cccc3s2)CC1. The molecule has 0 bridgehead atoms. The topological polar surface area (TPSA) is 77.3 Å². The van der Waals surface area contributed by atoms with Crippen molar-refractivity contribution < 1.29 is 13.9 Å². The Morgan fingerprint density at radius 3 is 2.78 bits per heavy atom. The molecule has 0 spiro atoms. The number of fused-ring (bicyclic) bond motifs is 2. The third kappa shape index (κ3) is 4.08. The second kappa shape index (κ2) is 8.66. The number of aryl methyl sites for hydroxylation is 1. The van der Waals surface area contributed by atoms with Crippen molar-refractivity contribution in [3.05, 3.63) is 65.0 Å². The monoisotopic (exact) mass is 452 g/mol. The van der Waals surface area contributed by atoms with Crippen LogP contribution in [0.5, 0.6) is 5.19 Å². The van der Waals surface area contributed by atoms with E-state index in [1.165, 1.54) is 28.3 Å². The molecule has 0 aliphatic carbocycles. The molecule has 0 unspecified atom stereocenters. The molecule has 32 heavy (non-hydrogen) atoms. The molecule has 3 heterocycles. The van der Waals surface area contributed by atoms with Crippen molar-refractivity contribution in [3.63, 3.8) is 0 Å². The molecule has 9 heteroatoms. The highest BCUT2D eigenvalue weighted by Gasteiger charge is 2.25. The van der Waals surface area contributed by atoms with Gasteiger partial charge in [0.25, 0.3) is 10.8 Å². The fourth-order valence-electron chi connectivity index (χ4n) is 3.95. The van der Waals surface area contributed by atoms with Crippen LogP contribution in [0, 0.1) is 5.82 Å². The summed E-state index contributed by atoms with van der Waals surface area (Å²) < 4.78 is 22.0. The molecular weight excluding hydrogens is 431 g/mol. The van der Waals surface area contributed by atoms with Crippen LogP contribution in [0.4, 0.5) is 4.39 Å². The summed E-state index contributed by atoms with van der Waals surface area (Å²) in [5.41, 5.74) is 0.847. The minimum absolute atomic E-state index is 0.00515. The number of hydrogen-bond donors (Lipinski definition) is 0. The van der Waals surface area contributed by atoms with Gasteiger partial charge in [0.15, 0.2) is 0 Å². The normalized spacial score (nSPS) is 14.8. The maximum absolute atomic E-state index is 13.8. The van der Waals surface area contributed by atoms with Crippen molar-refractivity contribution in [1.82, 2.24) is 19.4 Å². The molecule has 0 N–H and O–H groups in total. The highest BCUT2D eigenvalue weighted by atomic mass is 32.1. The van der Waals surface area contributed by atoms with Crippen molar-refractivity contribution in [3.8, 4) is 5.19 Å². The number of para-hydroxylation sites is 2. The summed E-state index contributed by atoms with van der Waals surface area (Å²) in [6.45, 7) is 1.45. The molecule has 0 saturated carbocycles. The van der Waals surface area contributed by atoms with E-state index in [9.17, 15) is 14.0 Å². The third-order valence-corrected chi connectivity index (χ3v) is 6.62. The molecule has 1 saturated heterocycles. The lowest BCUT2D eigenvalue weighted by atomic mass is 10.1. The average molecular weight is 453 g/mol. The van der Waals surface area contributed by atoms with Crippen LogP contribution in [0.1, 0.15) is 19.3 Å². The summed E-state index contributed by atoms with van der Waals surface area (Å²) in [4.78, 5) is 35.6. The van der Waals surface area contributed by atoms with Crippen molar-refractivity contribution in [2.24, 2.45) is 0 Å². The first kappa shape index (κ1) is 20.6. The van der Waals surface area contributed by atoms with Crippen LogP contribution in [0.2, 0.25) is 0 Å². The minimum Gasteiger partial charge on any atom is -0.467 e. The van der Waals surface area contributed by atoms with Gasteiger partial charge in [-0.05, 0) is 24.3 Å². The Labute approximate surface area is 187 Å². The highest BCUT2D eigenvalue weighted by molar-refractivity contribution is 7.20. The van der Waals surface area contributed by atoms with Crippen molar-refractivity contribution in [1.29, 1.82) is 0 Å². The first-order valence-corrected chi connectivity index (χ1v) is 11.3. The Hall–Kier alpha value is -3.33. The largest absolute Gasteiger partial charge is 0.467 e. The van der Waals surface area contributed by atoms with Gasteiger partial charge in [-0.2, -0.15) is 4.98 Å². The summed E-state index contributed by atoms with van der Waals surface area (Å²) >= 11 is 1.33. The van der Waals surface area contributed by atoms with Crippen molar-refractivity contribution in [2.75, 3.05) is 13.1 Å². The third-order valence-electron chi connectivity index (χ3n) is 5.71. The summed E-state index contributed by atoms with van der Waals surface area (Å²) in [5, 5.41) is 1.01. The number of nitrogens with zero attached hydrogens (tertiary/aromatic N) is 4. The van der Waals surface area contributed by atoms with Gasteiger partial charge in [-0.25, -0.2) is 9.37 Å². The van der Waals surface area contributed by atoms with E-state index in [-0.39, 0.29) is 29.8 Å². The highest BCUT2D eigenvalue weighted by Crippen LogP contribution is 2.31. The predicted octanol–water partition coefficient (Wildman–Crippen LogP) is 3.61. The lowest BCUT2D eigenvalue weighted by Gasteiger charge is -2.31. The number of aromatic nitrogens is 3. The molecule has 5 rings (SSSR count). The van der Waals surface area contributed by atoms with Gasteiger partial charge in [-0.15, -0.1) is 0 Å². The molecular formula is C23H21FN4O3S. The molecule has 7 nitrogen and oxygen atoms in total. The van der Waals surface area contributed by atoms with Gasteiger partial charge in [0, 0.05) is 38.9 Å². The Morgan fingerprint density at radius 2 is 1.97 bits per heavy atom. The van der Waals surface area contributed by atoms with E-state index in [0.717, 1.165) is 4.70 Å². The number of hydrogen-bond acceptors (Lipinski definition) is 6. The average Bonchev–Trinajstić information content (AvgIpc) is 3.23. The minimum atomic E-state index is -0.352. The number of likely N-dealkylation sites (tertiary alicyclic amines) is 1. The zero-order chi connectivity index (χ0) is 22.1. The predicted molar refractivity (Wildman–Crippen MR) is 120 cm³/mol. The molecule has 1 aliphatic heterocycles. The zero-order valence-electron chi connectivity index (χ0n) is 17.2. The number of carbonyl (C=O) groups is 1. The standard InChI is InChI=1S/C23H21FN4O3S/c24-17-5-3-7-19-21(17)26-23(32-19)31-15-8-11-27(12-9-15)20(29)10-13-28-14-25-18-6-2-1-4-16(18)22(28)30/h1-7,14-15H,8-13H2. The molecule has 2 aromatic carbocycles. The maximum atomic E-state index is 13.8. The van der Waals surface area contributed by atoms with Crippen LogP contribution in [-0.4, -0.2) is 44.5 Å². The van der Waals surface area contributed by atoms with E-state index in [2.05, 4.69) is 9.97 Å². The summed E-state index contributed by atoms with van der Waals surface area (Å²) in [7, 11) is 0. The number of piperidine rings is 1. The Morgan fingerprint density at radius 1 is 1.16 bits per heavy atom. The number of amides is 1. The molecule has 1 amide bonds. The first-order chi connectivity index (χ1) is 15.6. The van der Waals surface area contributed by atoms with Crippen LogP contribution in [-0.2, 0) is 11.3 Å². The van der Waals surface area contributed by atoms with Gasteiger partial charge in [0.1, 0.15) is 17.4 Å². The second-order valence-electron chi connectivity index (χ2n) is 7.77. The van der Waals surface area contributed by atoms with Gasteiger partial charge in [0.05, 0.1) is 21.9 Å². The van der Waals surface area contributed by atoms with Gasteiger partial charge in [-0.1, -0.05) is 29.5 Å². The van der Waals surface area contributed by atoms with Crippen LogP contribution in [0.15, 0.2) is 53.6 Å². The van der Waals surface area contributed by atoms with E-state index >= 15 is 0 Å².